The molecule has 74 heavy (non-hydrogen) atoms. The van der Waals surface area contributed by atoms with Gasteiger partial charge in [-0.3, -0.25) is 11.3 Å². The van der Waals surface area contributed by atoms with Crippen molar-refractivity contribution in [2.45, 2.75) is 138 Å². The predicted octanol–water partition coefficient (Wildman–Crippen LogP) is 10.2. The Morgan fingerprint density at radius 1 is 0.716 bits per heavy atom. The van der Waals surface area contributed by atoms with Gasteiger partial charge in [0.1, 0.15) is 11.9 Å². The molecule has 3 spiro atoms. The molecule has 9 nitrogen and oxygen atoms in total. The first-order valence-electron chi connectivity index (χ1n) is 26.9. The van der Waals surface area contributed by atoms with Crippen molar-refractivity contribution in [3.05, 3.63) is 131 Å². The number of benzene rings is 3. The van der Waals surface area contributed by atoms with E-state index in [0.717, 1.165) is 100.0 Å². The van der Waals surface area contributed by atoms with E-state index in [1.807, 2.05) is 7.11 Å². The van der Waals surface area contributed by atoms with Crippen molar-refractivity contribution in [1.82, 2.24) is 14.7 Å². The molecule has 0 aromatic heterocycles. The van der Waals surface area contributed by atoms with Crippen LogP contribution in [0.15, 0.2) is 78.9 Å². The maximum absolute atomic E-state index is 6.73. The second-order valence-corrected chi connectivity index (χ2v) is 23.6. The molecule has 0 amide bonds. The van der Waals surface area contributed by atoms with E-state index >= 15 is 0 Å². The Labute approximate surface area is 513 Å². The van der Waals surface area contributed by atoms with Crippen LogP contribution in [0.2, 0.25) is 0 Å². The van der Waals surface area contributed by atoms with Crippen LogP contribution in [-0.2, 0) is 127 Å². The Morgan fingerprint density at radius 3 is 2.01 bits per heavy atom. The molecule has 5 unspecified atom stereocenters. The maximum atomic E-state index is 6.73. The number of hydrogen-bond donors (Lipinski definition) is 0. The summed E-state index contributed by atoms with van der Waals surface area (Å²) in [5.41, 5.74) is 8.78. The molecule has 8 bridgehead atoms. The third-order valence-corrected chi connectivity index (χ3v) is 21.4. The van der Waals surface area contributed by atoms with E-state index in [1.54, 1.807) is 11.8 Å². The molecule has 2 radical (unpaired) electrons. The van der Waals surface area contributed by atoms with Crippen molar-refractivity contribution >= 4 is 28.4 Å². The standard InChI is InChI=1S/C21H25NO3P.C19H23NO2P.C19H25NOP.W.2Y/c1-3-22-11-10-21-16-13-4-5-14(25-26)17(16)24-18(21)20(23-2)8-6-19(21,7-9-20)15(22)12-13;1-3-20-9-8-19-13-6-4-11(2)18(19)21-17-15(22-23)7-5-12(16(17)19)10-14(13)20;1-3-20-9-8-19-12-13(2)4-7-16(19)18(20)10-14-5-6-15(21-22)11-17(14)19;;;/h4-6,8-9,15,18H,3,7,10-12,26H2,1-2H3;4-7,11,14,18H,3,8-10,23H2,1-2H3;4-7,11,13,18H,3,8-10,12,22H2,1-2H3;;;/q3*-1;;;/t15-,18+,19-,20-,21+;11?,14-,18+,19+;13?,18-,19+;;;/m111.../s1. The first kappa shape index (κ1) is 56.9. The van der Waals surface area contributed by atoms with Gasteiger partial charge in [0.05, 0.1) is 34.5 Å². The molecular weight excluding hydrogens is 1300 g/mol. The van der Waals surface area contributed by atoms with E-state index in [9.17, 15) is 0 Å². The van der Waals surface area contributed by atoms with Crippen LogP contribution in [0.4, 0.5) is 0 Å². The monoisotopic (exact) mass is 1370 g/mol. The Morgan fingerprint density at radius 2 is 1.35 bits per heavy atom. The Hall–Kier alpha value is -0.354. The third-order valence-electron chi connectivity index (χ3n) is 20.6. The number of hydrogen-bond acceptors (Lipinski definition) is 9. The fourth-order valence-electron chi connectivity index (χ4n) is 17.6. The number of ether oxygens (including phenoxy) is 3. The minimum Gasteiger partial charge on any atom is -0.488 e. The fourth-order valence-corrected chi connectivity index (χ4v) is 18.1. The second kappa shape index (κ2) is 21.2. The van der Waals surface area contributed by atoms with E-state index in [2.05, 4.69) is 163 Å². The SMILES string of the molecule is CCN1CC[C@]23CC(C)C=C[C-]2[C@H]1Cc1ccc(OP)cc13.CCN1CC[C@]23c4c5ccc(OP)c4O[C@H]2C(C)C=C[C-]3[C@H]1C5.CCN1CC[C@]23c4c5ccc(OP)c4O[C@H]2[C@@]2(OC)C=C[C@@]3(C[CH-]2)[C@H]1C5.[W].[Y].[Y]. The van der Waals surface area contributed by atoms with Crippen LogP contribution in [0.25, 0.3) is 0 Å². The van der Waals surface area contributed by atoms with Crippen molar-refractivity contribution in [2.75, 3.05) is 46.4 Å². The Kier molecular flexibility index (Phi) is 16.3. The minimum absolute atomic E-state index is 0. The molecule has 3 aromatic rings. The molecule has 15 atom stereocenters. The van der Waals surface area contributed by atoms with Crippen LogP contribution in [0.3, 0.4) is 0 Å². The van der Waals surface area contributed by atoms with Crippen LogP contribution in [0.1, 0.15) is 100 Å². The molecule has 4 fully saturated rings. The average Bonchev–Trinajstić information content (AvgIpc) is 3.95. The van der Waals surface area contributed by atoms with E-state index < -0.39 is 5.60 Å². The summed E-state index contributed by atoms with van der Waals surface area (Å²) in [6.07, 6.45) is 26.2. The number of likely N-dealkylation sites (N-methyl/N-ethyl adjacent to an activating group) is 3. The summed E-state index contributed by atoms with van der Waals surface area (Å²) < 4.78 is 36.0. The molecule has 5 heterocycles. The molecule has 16 rings (SSSR count). The van der Waals surface area contributed by atoms with Gasteiger partial charge in [0.15, 0.2) is 23.0 Å². The molecule has 13 aliphatic rings. The quantitative estimate of drug-likeness (QED) is 0.131. The van der Waals surface area contributed by atoms with Crippen molar-refractivity contribution in [1.29, 1.82) is 0 Å². The van der Waals surface area contributed by atoms with Crippen molar-refractivity contribution in [3.63, 3.8) is 0 Å². The zero-order valence-corrected chi connectivity index (χ0v) is 56.2. The molecule has 5 aliphatic heterocycles. The number of methoxy groups -OCH3 is 1. The van der Waals surface area contributed by atoms with E-state index in [1.165, 1.54) is 52.8 Å². The van der Waals surface area contributed by atoms with Gasteiger partial charge < -0.3 is 37.6 Å². The average molecular weight is 1370 g/mol. The molecule has 1 saturated carbocycles. The van der Waals surface area contributed by atoms with E-state index in [-0.39, 0.29) is 120 Å². The van der Waals surface area contributed by atoms with Crippen LogP contribution < -0.4 is 23.0 Å². The Bertz CT molecular complexity index is 2750. The zero-order chi connectivity index (χ0) is 48.8. The predicted molar refractivity (Wildman–Crippen MR) is 290 cm³/mol. The molecule has 0 N–H and O–H groups in total. The van der Waals surface area contributed by atoms with Gasteiger partial charge in [-0.25, -0.2) is 24.3 Å². The first-order chi connectivity index (χ1) is 34.5. The van der Waals surface area contributed by atoms with E-state index in [0.29, 0.717) is 30.0 Å². The number of piperidine rings is 3. The summed E-state index contributed by atoms with van der Waals surface area (Å²) in [5.74, 6) is 8.95. The summed E-state index contributed by atoms with van der Waals surface area (Å²) in [5, 5.41) is 0. The third kappa shape index (κ3) is 7.69. The molecule has 8 aliphatic carbocycles. The van der Waals surface area contributed by atoms with Gasteiger partial charge in [-0.05, 0) is 158 Å². The molecular formula is C59H73N3O6P3WY2-3. The summed E-state index contributed by atoms with van der Waals surface area (Å²) in [6.45, 7) is 18.4. The topological polar surface area (TPSA) is 65.1 Å². The fraction of sp³-hybridized carbons (Fsp3) is 0.542. The summed E-state index contributed by atoms with van der Waals surface area (Å²) in [6, 6.07) is 17.0. The van der Waals surface area contributed by atoms with Gasteiger partial charge in [-0.1, -0.05) is 83.2 Å². The normalized spacial score (nSPS) is 36.7. The summed E-state index contributed by atoms with van der Waals surface area (Å²) >= 11 is 0. The number of nitrogens with zero attached hydrogens (tertiary/aromatic N) is 3. The van der Waals surface area contributed by atoms with Crippen LogP contribution in [0.5, 0.6) is 28.7 Å². The molecule has 3 saturated heterocycles. The second-order valence-electron chi connectivity index (χ2n) is 22.9. The van der Waals surface area contributed by atoms with E-state index in [4.69, 9.17) is 27.8 Å². The summed E-state index contributed by atoms with van der Waals surface area (Å²) in [4.78, 5) is 7.99. The molecule has 15 heteroatoms. The van der Waals surface area contributed by atoms with Gasteiger partial charge in [0.2, 0.25) is 0 Å². The number of fused-ring (bicyclic) bond motifs is 2. The largest absolute Gasteiger partial charge is 0.488 e. The van der Waals surface area contributed by atoms with Crippen LogP contribution in [0, 0.1) is 35.5 Å². The van der Waals surface area contributed by atoms with Gasteiger partial charge in [-0.2, -0.15) is 18.3 Å². The van der Waals surface area contributed by atoms with Gasteiger partial charge >= 0.3 is 0 Å². The number of allylic oxidation sites excluding steroid dienone is 1. The number of rotatable bonds is 7. The minimum atomic E-state index is -0.438. The maximum Gasteiger partial charge on any atom is 0.166 e. The van der Waals surface area contributed by atoms with Gasteiger partial charge in [0, 0.05) is 116 Å². The Balaban J connectivity index is 0.000000125. The first-order valence-corrected chi connectivity index (χ1v) is 28.3. The van der Waals surface area contributed by atoms with Crippen molar-refractivity contribution in [2.24, 2.45) is 17.3 Å². The number of likely N-dealkylation sites (tertiary alicyclic amines) is 3. The molecule has 390 valence electrons. The van der Waals surface area contributed by atoms with Crippen LogP contribution in [-0.4, -0.2) is 97.0 Å². The summed E-state index contributed by atoms with van der Waals surface area (Å²) in [7, 11) is 8.96. The molecule has 3 aromatic carbocycles. The zero-order valence-electron chi connectivity index (χ0n) is 44.1. The van der Waals surface area contributed by atoms with Gasteiger partial charge in [-0.15, -0.1) is 0 Å². The van der Waals surface area contributed by atoms with Crippen molar-refractivity contribution < 1.29 is 114 Å². The van der Waals surface area contributed by atoms with Gasteiger partial charge in [0.25, 0.3) is 0 Å². The van der Waals surface area contributed by atoms with Crippen molar-refractivity contribution in [3.8, 4) is 28.7 Å². The smallest absolute Gasteiger partial charge is 0.166 e. The van der Waals surface area contributed by atoms with Crippen LogP contribution >= 0.6 is 28.4 Å².